The number of hydrogen-bond donors (Lipinski definition) is 1. The van der Waals surface area contributed by atoms with Gasteiger partial charge in [-0.05, 0) is 55.6 Å². The average molecular weight is 471 g/mol. The quantitative estimate of drug-likeness (QED) is 0.367. The second kappa shape index (κ2) is 8.53. The summed E-state index contributed by atoms with van der Waals surface area (Å²) in [6, 6.07) is 2.34. The molecule has 1 amide bonds. The molecule has 0 aliphatic heterocycles. The molecule has 1 N–H and O–H groups in total. The van der Waals surface area contributed by atoms with Crippen LogP contribution in [0.3, 0.4) is 0 Å². The van der Waals surface area contributed by atoms with Gasteiger partial charge in [0, 0.05) is 15.1 Å². The lowest BCUT2D eigenvalue weighted by atomic mass is 9.72. The molecule has 1 aliphatic rings. The van der Waals surface area contributed by atoms with E-state index in [9.17, 15) is 10.1 Å². The maximum atomic E-state index is 12.7. The van der Waals surface area contributed by atoms with Crippen molar-refractivity contribution in [1.82, 2.24) is 9.97 Å². The van der Waals surface area contributed by atoms with Crippen LogP contribution in [0.1, 0.15) is 53.6 Å². The van der Waals surface area contributed by atoms with E-state index in [1.54, 1.807) is 29.0 Å². The number of thiophene rings is 2. The number of fused-ring (bicyclic) bond motifs is 2. The van der Waals surface area contributed by atoms with Crippen LogP contribution in [0, 0.1) is 36.5 Å². The standard InChI is InChI=1S/C23H26N4OS3/c1-12-13(2)30-22-19(12)21(25-11-26-22)29-10-18(28)27-20-16(9-24)15-7-6-14(23(3,4)5)8-17(15)31-20/h11,14H,6-8,10H2,1-5H3,(H,27,28)/t14-/m1/s1. The zero-order valence-electron chi connectivity index (χ0n) is 18.5. The molecule has 0 radical (unpaired) electrons. The van der Waals surface area contributed by atoms with Crippen LogP contribution < -0.4 is 5.32 Å². The third kappa shape index (κ3) is 4.36. The largest absolute Gasteiger partial charge is 0.316 e. The maximum Gasteiger partial charge on any atom is 0.235 e. The fourth-order valence-electron chi connectivity index (χ4n) is 4.09. The van der Waals surface area contributed by atoms with Crippen molar-refractivity contribution in [2.75, 3.05) is 11.1 Å². The van der Waals surface area contributed by atoms with Crippen LogP contribution >= 0.6 is 34.4 Å². The minimum Gasteiger partial charge on any atom is -0.316 e. The third-order valence-electron chi connectivity index (χ3n) is 6.13. The fraction of sp³-hybridized carbons (Fsp3) is 0.478. The Balaban J connectivity index is 1.49. The van der Waals surface area contributed by atoms with Crippen LogP contribution in [0.25, 0.3) is 10.2 Å². The van der Waals surface area contributed by atoms with E-state index in [1.807, 2.05) is 0 Å². The Morgan fingerprint density at radius 1 is 1.32 bits per heavy atom. The van der Waals surface area contributed by atoms with E-state index in [0.29, 0.717) is 16.5 Å². The highest BCUT2D eigenvalue weighted by Gasteiger charge is 2.32. The van der Waals surface area contributed by atoms with Crippen LogP contribution in [0.4, 0.5) is 5.00 Å². The van der Waals surface area contributed by atoms with Crippen molar-refractivity contribution >= 4 is 55.6 Å². The number of hydrogen-bond acceptors (Lipinski definition) is 7. The van der Waals surface area contributed by atoms with Gasteiger partial charge in [-0.15, -0.1) is 22.7 Å². The van der Waals surface area contributed by atoms with Crippen molar-refractivity contribution in [2.45, 2.75) is 58.9 Å². The minimum absolute atomic E-state index is 0.108. The molecule has 0 unspecified atom stereocenters. The molecule has 3 heterocycles. The van der Waals surface area contributed by atoms with Crippen molar-refractivity contribution in [3.05, 3.63) is 32.8 Å². The van der Waals surface area contributed by atoms with Gasteiger partial charge in [0.15, 0.2) is 0 Å². The molecule has 0 saturated carbocycles. The zero-order chi connectivity index (χ0) is 22.3. The number of carbonyl (C=O) groups is 1. The normalized spacial score (nSPS) is 16.2. The molecular weight excluding hydrogens is 444 g/mol. The third-order valence-corrected chi connectivity index (χ3v) is 9.40. The first-order valence-corrected chi connectivity index (χ1v) is 13.0. The number of nitriles is 1. The van der Waals surface area contributed by atoms with E-state index in [2.05, 4.69) is 56.0 Å². The summed E-state index contributed by atoms with van der Waals surface area (Å²) in [4.78, 5) is 24.9. The first-order valence-electron chi connectivity index (χ1n) is 10.4. The molecule has 5 nitrogen and oxygen atoms in total. The number of amides is 1. The molecule has 0 fully saturated rings. The lowest BCUT2D eigenvalue weighted by Crippen LogP contribution is -2.26. The van der Waals surface area contributed by atoms with Gasteiger partial charge in [-0.3, -0.25) is 4.79 Å². The number of rotatable bonds is 4. The molecule has 0 aromatic carbocycles. The Labute approximate surface area is 195 Å². The first kappa shape index (κ1) is 22.3. The number of thioether (sulfide) groups is 1. The Morgan fingerprint density at radius 3 is 2.81 bits per heavy atom. The molecule has 8 heteroatoms. The summed E-state index contributed by atoms with van der Waals surface area (Å²) in [5, 5.41) is 15.3. The molecule has 0 saturated heterocycles. The number of nitrogens with zero attached hydrogens (tertiary/aromatic N) is 3. The molecule has 31 heavy (non-hydrogen) atoms. The van der Waals surface area contributed by atoms with E-state index >= 15 is 0 Å². The molecule has 162 valence electrons. The molecule has 0 bridgehead atoms. The minimum atomic E-state index is -0.108. The topological polar surface area (TPSA) is 78.7 Å². The summed E-state index contributed by atoms with van der Waals surface area (Å²) in [7, 11) is 0. The number of anilines is 1. The summed E-state index contributed by atoms with van der Waals surface area (Å²) in [6.45, 7) is 11.0. The van der Waals surface area contributed by atoms with Crippen molar-refractivity contribution < 1.29 is 4.79 Å². The van der Waals surface area contributed by atoms with E-state index in [1.165, 1.54) is 27.1 Å². The molecule has 1 aliphatic carbocycles. The Morgan fingerprint density at radius 2 is 2.10 bits per heavy atom. The van der Waals surface area contributed by atoms with Gasteiger partial charge >= 0.3 is 0 Å². The van der Waals surface area contributed by atoms with Gasteiger partial charge in [0.05, 0.1) is 11.3 Å². The average Bonchev–Trinajstić information content (AvgIpc) is 3.21. The molecule has 3 aromatic rings. The van der Waals surface area contributed by atoms with Gasteiger partial charge in [0.25, 0.3) is 0 Å². The smallest absolute Gasteiger partial charge is 0.235 e. The fourth-order valence-corrected chi connectivity index (χ4v) is 7.30. The summed E-state index contributed by atoms with van der Waals surface area (Å²) in [5.41, 5.74) is 3.21. The number of carbonyl (C=O) groups excluding carboxylic acids is 1. The second-order valence-corrected chi connectivity index (χ2v) is 12.4. The Hall–Kier alpha value is -1.95. The lowest BCUT2D eigenvalue weighted by Gasteiger charge is -2.33. The zero-order valence-corrected chi connectivity index (χ0v) is 20.9. The van der Waals surface area contributed by atoms with Crippen molar-refractivity contribution in [2.24, 2.45) is 11.3 Å². The van der Waals surface area contributed by atoms with E-state index in [4.69, 9.17) is 0 Å². The lowest BCUT2D eigenvalue weighted by molar-refractivity contribution is -0.113. The van der Waals surface area contributed by atoms with Crippen LogP contribution in [-0.4, -0.2) is 21.6 Å². The molecular formula is C23H26N4OS3. The van der Waals surface area contributed by atoms with E-state index in [-0.39, 0.29) is 17.1 Å². The van der Waals surface area contributed by atoms with Crippen molar-refractivity contribution in [3.8, 4) is 6.07 Å². The van der Waals surface area contributed by atoms with Gasteiger partial charge in [0.1, 0.15) is 27.3 Å². The highest BCUT2D eigenvalue weighted by Crippen LogP contribution is 2.44. The highest BCUT2D eigenvalue weighted by molar-refractivity contribution is 8.00. The van der Waals surface area contributed by atoms with Gasteiger partial charge in [-0.1, -0.05) is 32.5 Å². The van der Waals surface area contributed by atoms with Crippen LogP contribution in [0.2, 0.25) is 0 Å². The summed E-state index contributed by atoms with van der Waals surface area (Å²) in [6.07, 6.45) is 4.55. The van der Waals surface area contributed by atoms with Gasteiger partial charge < -0.3 is 5.32 Å². The van der Waals surface area contributed by atoms with E-state index in [0.717, 1.165) is 40.1 Å². The number of aryl methyl sites for hydroxylation is 2. The van der Waals surface area contributed by atoms with Gasteiger partial charge in [0.2, 0.25) is 5.91 Å². The predicted molar refractivity (Wildman–Crippen MR) is 130 cm³/mol. The number of aromatic nitrogens is 2. The summed E-state index contributed by atoms with van der Waals surface area (Å²) < 4.78 is 0. The summed E-state index contributed by atoms with van der Waals surface area (Å²) >= 11 is 4.65. The molecule has 4 rings (SSSR count). The van der Waals surface area contributed by atoms with Crippen LogP contribution in [-0.2, 0) is 17.6 Å². The SMILES string of the molecule is Cc1sc2ncnc(SCC(=O)Nc3sc4c(c3C#N)CC[C@@H](C(C)(C)C)C4)c2c1C. The Kier molecular flexibility index (Phi) is 6.12. The second-order valence-electron chi connectivity index (χ2n) is 9.10. The molecule has 3 aromatic heterocycles. The molecule has 0 spiro atoms. The maximum absolute atomic E-state index is 12.7. The Bertz CT molecular complexity index is 1200. The monoisotopic (exact) mass is 470 g/mol. The van der Waals surface area contributed by atoms with Gasteiger partial charge in [-0.2, -0.15) is 5.26 Å². The molecule has 1 atom stereocenters. The van der Waals surface area contributed by atoms with Gasteiger partial charge in [-0.25, -0.2) is 9.97 Å². The van der Waals surface area contributed by atoms with Crippen LogP contribution in [0.15, 0.2) is 11.4 Å². The highest BCUT2D eigenvalue weighted by atomic mass is 32.2. The van der Waals surface area contributed by atoms with Crippen LogP contribution in [0.5, 0.6) is 0 Å². The van der Waals surface area contributed by atoms with Crippen molar-refractivity contribution in [3.63, 3.8) is 0 Å². The van der Waals surface area contributed by atoms with E-state index < -0.39 is 0 Å². The first-order chi connectivity index (χ1) is 14.7. The van der Waals surface area contributed by atoms with Crippen molar-refractivity contribution in [1.29, 1.82) is 5.26 Å². The summed E-state index contributed by atoms with van der Waals surface area (Å²) in [5.74, 6) is 0.740. The predicted octanol–water partition coefficient (Wildman–Crippen LogP) is 6.12. The number of nitrogens with one attached hydrogen (secondary N) is 1.